The van der Waals surface area contributed by atoms with Crippen LogP contribution in [0.4, 0.5) is 36.2 Å². The van der Waals surface area contributed by atoms with Crippen molar-refractivity contribution in [2.24, 2.45) is 0 Å². The number of fused-ring (bicyclic) bond motifs is 3. The molecule has 2 N–H and O–H groups in total. The number of benzene rings is 2. The molecular weight excluding hydrogens is 435 g/mol. The lowest BCUT2D eigenvalue weighted by molar-refractivity contribution is -0.137. The van der Waals surface area contributed by atoms with E-state index in [1.54, 1.807) is 23.1 Å². The molecule has 10 heteroatoms. The first-order chi connectivity index (χ1) is 15.9. The van der Waals surface area contributed by atoms with E-state index in [2.05, 4.69) is 20.6 Å². The molecule has 2 aliphatic rings. The van der Waals surface area contributed by atoms with Gasteiger partial charge in [-0.25, -0.2) is 9.97 Å². The number of amides is 1. The number of rotatable bonds is 3. The molecule has 1 saturated heterocycles. The first kappa shape index (κ1) is 21.2. The number of ether oxygens (including phenoxy) is 1. The molecule has 0 spiro atoms. The molecule has 0 unspecified atom stereocenters. The van der Waals surface area contributed by atoms with E-state index >= 15 is 0 Å². The molecule has 3 aromatic rings. The number of aromatic nitrogens is 2. The molecule has 1 aromatic heterocycles. The van der Waals surface area contributed by atoms with E-state index in [-0.39, 0.29) is 29.7 Å². The molecule has 2 aromatic carbocycles. The van der Waals surface area contributed by atoms with Gasteiger partial charge in [-0.3, -0.25) is 4.79 Å². The second-order valence-electron chi connectivity index (χ2n) is 7.79. The van der Waals surface area contributed by atoms with E-state index in [4.69, 9.17) is 4.74 Å². The smallest absolute Gasteiger partial charge is 0.378 e. The number of anilines is 4. The standard InChI is InChI=1S/C23H20F3N5O2/c24-23(25,26)17-12-15(5-6-19(17)31-7-9-33-10-8-31)28-22-27-13-14-11-20(32)29-18-4-2-1-3-16(18)21(14)30-22/h1-6,12-13H,7-11H2,(H,29,32)(H,27,28,30). The van der Waals surface area contributed by atoms with Crippen LogP contribution in [0.2, 0.25) is 0 Å². The van der Waals surface area contributed by atoms with Crippen LogP contribution in [0.25, 0.3) is 11.3 Å². The largest absolute Gasteiger partial charge is 0.418 e. The highest BCUT2D eigenvalue weighted by atomic mass is 19.4. The Hall–Kier alpha value is -3.66. The van der Waals surface area contributed by atoms with Crippen LogP contribution < -0.4 is 15.5 Å². The Balaban J connectivity index is 1.49. The minimum Gasteiger partial charge on any atom is -0.378 e. The predicted molar refractivity (Wildman–Crippen MR) is 118 cm³/mol. The molecular formula is C23H20F3N5O2. The van der Waals surface area contributed by atoms with Gasteiger partial charge in [0.1, 0.15) is 0 Å². The third kappa shape index (κ3) is 4.34. The van der Waals surface area contributed by atoms with Gasteiger partial charge in [0.15, 0.2) is 0 Å². The van der Waals surface area contributed by atoms with Crippen LogP contribution in [0.5, 0.6) is 0 Å². The molecule has 170 valence electrons. The summed E-state index contributed by atoms with van der Waals surface area (Å²) in [5.74, 6) is -0.0378. The Bertz CT molecular complexity index is 1210. The molecule has 0 bridgehead atoms. The maximum atomic E-state index is 13.8. The van der Waals surface area contributed by atoms with Crippen molar-refractivity contribution in [3.05, 3.63) is 59.8 Å². The number of halogens is 3. The Kier molecular flexibility index (Phi) is 5.37. The molecule has 0 aliphatic carbocycles. The van der Waals surface area contributed by atoms with E-state index < -0.39 is 11.7 Å². The third-order valence-corrected chi connectivity index (χ3v) is 5.58. The molecule has 5 rings (SSSR count). The second-order valence-corrected chi connectivity index (χ2v) is 7.79. The van der Waals surface area contributed by atoms with Gasteiger partial charge in [0.25, 0.3) is 0 Å². The lowest BCUT2D eigenvalue weighted by Crippen LogP contribution is -2.37. The quantitative estimate of drug-likeness (QED) is 0.615. The SMILES string of the molecule is O=C1Cc2cnc(Nc3ccc(N4CCOCC4)c(C(F)(F)F)c3)nc2-c2ccccc2N1. The lowest BCUT2D eigenvalue weighted by atomic mass is 10.1. The van der Waals surface area contributed by atoms with E-state index in [0.29, 0.717) is 43.2 Å². The van der Waals surface area contributed by atoms with E-state index in [0.717, 1.165) is 11.6 Å². The molecule has 33 heavy (non-hydrogen) atoms. The normalized spacial score (nSPS) is 15.8. The topological polar surface area (TPSA) is 79.4 Å². The number of hydrogen-bond acceptors (Lipinski definition) is 6. The second kappa shape index (κ2) is 8.36. The first-order valence-electron chi connectivity index (χ1n) is 10.4. The van der Waals surface area contributed by atoms with E-state index in [1.807, 2.05) is 12.1 Å². The lowest BCUT2D eigenvalue weighted by Gasteiger charge is -2.31. The molecule has 1 fully saturated rings. The Morgan fingerprint density at radius 1 is 1.09 bits per heavy atom. The van der Waals surface area contributed by atoms with Gasteiger partial charge in [0.05, 0.1) is 36.6 Å². The maximum absolute atomic E-state index is 13.8. The summed E-state index contributed by atoms with van der Waals surface area (Å²) in [6.07, 6.45) is -2.89. The highest BCUT2D eigenvalue weighted by Crippen LogP contribution is 2.39. The van der Waals surface area contributed by atoms with Crippen molar-refractivity contribution in [2.75, 3.05) is 41.8 Å². The van der Waals surface area contributed by atoms with Crippen LogP contribution >= 0.6 is 0 Å². The molecule has 2 aliphatic heterocycles. The van der Waals surface area contributed by atoms with Gasteiger partial charge in [-0.2, -0.15) is 13.2 Å². The summed E-state index contributed by atoms with van der Waals surface area (Å²) in [6.45, 7) is 1.57. The number of nitrogens with one attached hydrogen (secondary N) is 2. The number of carbonyl (C=O) groups is 1. The number of nitrogens with zero attached hydrogens (tertiary/aromatic N) is 3. The maximum Gasteiger partial charge on any atom is 0.418 e. The zero-order valence-corrected chi connectivity index (χ0v) is 17.4. The van der Waals surface area contributed by atoms with Crippen LogP contribution in [-0.2, 0) is 22.1 Å². The predicted octanol–water partition coefficient (Wildman–Crippen LogP) is 4.24. The van der Waals surface area contributed by atoms with Crippen molar-refractivity contribution in [3.8, 4) is 11.3 Å². The van der Waals surface area contributed by atoms with Crippen molar-refractivity contribution < 1.29 is 22.7 Å². The van der Waals surface area contributed by atoms with Crippen molar-refractivity contribution >= 4 is 28.9 Å². The van der Waals surface area contributed by atoms with Crippen LogP contribution in [-0.4, -0.2) is 42.2 Å². The summed E-state index contributed by atoms with van der Waals surface area (Å²) >= 11 is 0. The fraction of sp³-hybridized carbons (Fsp3) is 0.261. The van der Waals surface area contributed by atoms with Crippen molar-refractivity contribution in [3.63, 3.8) is 0 Å². The zero-order valence-electron chi connectivity index (χ0n) is 17.4. The number of carbonyl (C=O) groups excluding carboxylic acids is 1. The first-order valence-corrected chi connectivity index (χ1v) is 10.4. The fourth-order valence-corrected chi connectivity index (χ4v) is 4.05. The van der Waals surface area contributed by atoms with Crippen LogP contribution in [0.3, 0.4) is 0 Å². The third-order valence-electron chi connectivity index (χ3n) is 5.58. The van der Waals surface area contributed by atoms with Crippen molar-refractivity contribution in [1.29, 1.82) is 0 Å². The van der Waals surface area contributed by atoms with Gasteiger partial charge < -0.3 is 20.3 Å². The van der Waals surface area contributed by atoms with Crippen LogP contribution in [0.1, 0.15) is 11.1 Å². The van der Waals surface area contributed by atoms with Gasteiger partial charge >= 0.3 is 6.18 Å². The summed E-state index contributed by atoms with van der Waals surface area (Å²) in [4.78, 5) is 22.6. The molecule has 0 saturated carbocycles. The van der Waals surface area contributed by atoms with Crippen LogP contribution in [0, 0.1) is 0 Å². The fourth-order valence-electron chi connectivity index (χ4n) is 4.05. The average Bonchev–Trinajstić information content (AvgIpc) is 2.94. The Morgan fingerprint density at radius 3 is 2.67 bits per heavy atom. The molecule has 7 nitrogen and oxygen atoms in total. The minimum atomic E-state index is -4.52. The number of hydrogen-bond donors (Lipinski definition) is 2. The van der Waals surface area contributed by atoms with Gasteiger partial charge in [0, 0.05) is 41.8 Å². The van der Waals surface area contributed by atoms with Gasteiger partial charge in [-0.1, -0.05) is 18.2 Å². The van der Waals surface area contributed by atoms with Crippen molar-refractivity contribution in [2.45, 2.75) is 12.6 Å². The number of morpholine rings is 1. The highest BCUT2D eigenvalue weighted by molar-refractivity contribution is 5.99. The molecule has 0 atom stereocenters. The van der Waals surface area contributed by atoms with E-state index in [1.165, 1.54) is 12.3 Å². The van der Waals surface area contributed by atoms with Gasteiger partial charge in [-0.05, 0) is 24.3 Å². The van der Waals surface area contributed by atoms with Gasteiger partial charge in [-0.15, -0.1) is 0 Å². The Labute approximate surface area is 187 Å². The summed E-state index contributed by atoms with van der Waals surface area (Å²) in [6, 6.07) is 11.3. The Morgan fingerprint density at radius 2 is 1.88 bits per heavy atom. The molecule has 3 heterocycles. The number of alkyl halides is 3. The van der Waals surface area contributed by atoms with Gasteiger partial charge in [0.2, 0.25) is 11.9 Å². The summed E-state index contributed by atoms with van der Waals surface area (Å²) in [5, 5.41) is 5.72. The minimum absolute atomic E-state index is 0.108. The molecule has 0 radical (unpaired) electrons. The number of para-hydroxylation sites is 1. The summed E-state index contributed by atoms with van der Waals surface area (Å²) < 4.78 is 46.8. The summed E-state index contributed by atoms with van der Waals surface area (Å²) in [7, 11) is 0. The molecule has 1 amide bonds. The highest BCUT2D eigenvalue weighted by Gasteiger charge is 2.35. The van der Waals surface area contributed by atoms with E-state index in [9.17, 15) is 18.0 Å². The van der Waals surface area contributed by atoms with Crippen molar-refractivity contribution in [1.82, 2.24) is 9.97 Å². The summed E-state index contributed by atoms with van der Waals surface area (Å²) in [5.41, 5.74) is 2.16. The monoisotopic (exact) mass is 455 g/mol. The zero-order chi connectivity index (χ0) is 23.0. The van der Waals surface area contributed by atoms with Crippen LogP contribution in [0.15, 0.2) is 48.7 Å². The average molecular weight is 455 g/mol.